The van der Waals surface area contributed by atoms with Crippen LogP contribution in [-0.2, 0) is 11.2 Å². The predicted octanol–water partition coefficient (Wildman–Crippen LogP) is 3.69. The van der Waals surface area contributed by atoms with E-state index in [0.29, 0.717) is 18.6 Å². The fraction of sp³-hybridized carbons (Fsp3) is 0.625. The quantitative estimate of drug-likeness (QED) is 0.662. The number of nitrogens with one attached hydrogen (secondary N) is 1. The van der Waals surface area contributed by atoms with Gasteiger partial charge in [-0.1, -0.05) is 13.8 Å². The maximum atomic E-state index is 13.7. The predicted molar refractivity (Wildman–Crippen MR) is 77.9 cm³/mol. The molecule has 0 spiro atoms. The van der Waals surface area contributed by atoms with Gasteiger partial charge in [-0.25, -0.2) is 8.78 Å². The van der Waals surface area contributed by atoms with E-state index in [0.717, 1.165) is 38.5 Å². The van der Waals surface area contributed by atoms with Crippen molar-refractivity contribution in [2.75, 3.05) is 19.8 Å². The van der Waals surface area contributed by atoms with Gasteiger partial charge in [0, 0.05) is 19.3 Å². The summed E-state index contributed by atoms with van der Waals surface area (Å²) < 4.78 is 32.3. The fourth-order valence-corrected chi connectivity index (χ4v) is 2.06. The molecular formula is C16H25F2NO. The first-order chi connectivity index (χ1) is 9.67. The van der Waals surface area contributed by atoms with Gasteiger partial charge < -0.3 is 10.1 Å². The highest BCUT2D eigenvalue weighted by Crippen LogP contribution is 2.13. The van der Waals surface area contributed by atoms with Gasteiger partial charge in [-0.15, -0.1) is 0 Å². The molecular weight excluding hydrogens is 260 g/mol. The summed E-state index contributed by atoms with van der Waals surface area (Å²) >= 11 is 0. The summed E-state index contributed by atoms with van der Waals surface area (Å²) in [5.41, 5.74) is 0.425. The Hall–Kier alpha value is -1.00. The van der Waals surface area contributed by atoms with Gasteiger partial charge in [0.15, 0.2) is 0 Å². The van der Waals surface area contributed by atoms with Gasteiger partial charge in [-0.2, -0.15) is 0 Å². The van der Waals surface area contributed by atoms with E-state index in [1.54, 1.807) is 0 Å². The van der Waals surface area contributed by atoms with Gasteiger partial charge in [-0.05, 0) is 56.0 Å². The average Bonchev–Trinajstić information content (AvgIpc) is 2.44. The highest BCUT2D eigenvalue weighted by Gasteiger charge is 2.12. The smallest absolute Gasteiger partial charge is 0.126 e. The standard InChI is InChI=1S/C16H25F2NO/c1-3-8-19-15(7-10-20-9-4-2)12-13-11-14(17)5-6-16(13)18/h5-6,11,15,19H,3-4,7-10,12H2,1-2H3. The van der Waals surface area contributed by atoms with Crippen LogP contribution in [0.25, 0.3) is 0 Å². The van der Waals surface area contributed by atoms with Crippen molar-refractivity contribution in [3.8, 4) is 0 Å². The molecule has 0 radical (unpaired) electrons. The summed E-state index contributed by atoms with van der Waals surface area (Å²) in [5.74, 6) is -0.734. The summed E-state index contributed by atoms with van der Waals surface area (Å²) in [6, 6.07) is 3.73. The molecule has 2 nitrogen and oxygen atoms in total. The minimum atomic E-state index is -0.391. The summed E-state index contributed by atoms with van der Waals surface area (Å²) in [7, 11) is 0. The number of hydrogen-bond acceptors (Lipinski definition) is 2. The molecule has 0 aliphatic heterocycles. The molecule has 1 aromatic rings. The van der Waals surface area contributed by atoms with Gasteiger partial charge in [0.2, 0.25) is 0 Å². The zero-order chi connectivity index (χ0) is 14.8. The first-order valence-corrected chi connectivity index (χ1v) is 7.42. The molecule has 1 rings (SSSR count). The maximum absolute atomic E-state index is 13.7. The van der Waals surface area contributed by atoms with Crippen molar-refractivity contribution in [2.24, 2.45) is 0 Å². The summed E-state index contributed by atoms with van der Waals surface area (Å²) in [6.07, 6.45) is 3.29. The molecule has 1 aromatic carbocycles. The Labute approximate surface area is 120 Å². The summed E-state index contributed by atoms with van der Waals surface area (Å²) in [5, 5.41) is 3.37. The molecule has 0 fully saturated rings. The van der Waals surface area contributed by atoms with Crippen LogP contribution in [-0.4, -0.2) is 25.8 Å². The van der Waals surface area contributed by atoms with Gasteiger partial charge in [0.25, 0.3) is 0 Å². The van der Waals surface area contributed by atoms with Crippen LogP contribution in [0.15, 0.2) is 18.2 Å². The van der Waals surface area contributed by atoms with Crippen LogP contribution in [0.1, 0.15) is 38.7 Å². The first-order valence-electron chi connectivity index (χ1n) is 7.42. The van der Waals surface area contributed by atoms with Crippen molar-refractivity contribution in [3.63, 3.8) is 0 Å². The van der Waals surface area contributed by atoms with Crippen LogP contribution in [0.2, 0.25) is 0 Å². The lowest BCUT2D eigenvalue weighted by atomic mass is 10.0. The molecule has 0 bridgehead atoms. The number of halogens is 2. The number of ether oxygens (including phenoxy) is 1. The van der Waals surface area contributed by atoms with E-state index in [-0.39, 0.29) is 11.9 Å². The third-order valence-corrected chi connectivity index (χ3v) is 3.12. The van der Waals surface area contributed by atoms with Gasteiger partial charge in [0.05, 0.1) is 0 Å². The molecule has 0 amide bonds. The molecule has 0 saturated carbocycles. The second-order valence-electron chi connectivity index (χ2n) is 4.99. The second-order valence-corrected chi connectivity index (χ2v) is 4.99. The Balaban J connectivity index is 2.55. The molecule has 0 aromatic heterocycles. The van der Waals surface area contributed by atoms with E-state index in [2.05, 4.69) is 19.2 Å². The lowest BCUT2D eigenvalue weighted by molar-refractivity contribution is 0.124. The van der Waals surface area contributed by atoms with Crippen LogP contribution in [0, 0.1) is 11.6 Å². The fourth-order valence-electron chi connectivity index (χ4n) is 2.06. The Bertz CT molecular complexity index is 385. The van der Waals surface area contributed by atoms with E-state index in [4.69, 9.17) is 4.74 Å². The van der Waals surface area contributed by atoms with Gasteiger partial charge in [0.1, 0.15) is 11.6 Å². The van der Waals surface area contributed by atoms with E-state index in [1.807, 2.05) is 0 Å². The molecule has 1 atom stereocenters. The maximum Gasteiger partial charge on any atom is 0.126 e. The van der Waals surface area contributed by atoms with E-state index in [9.17, 15) is 8.78 Å². The minimum absolute atomic E-state index is 0.114. The summed E-state index contributed by atoms with van der Waals surface area (Å²) in [6.45, 7) is 6.41. The monoisotopic (exact) mass is 285 g/mol. The lowest BCUT2D eigenvalue weighted by Crippen LogP contribution is -2.33. The minimum Gasteiger partial charge on any atom is -0.381 e. The van der Waals surface area contributed by atoms with E-state index in [1.165, 1.54) is 12.1 Å². The lowest BCUT2D eigenvalue weighted by Gasteiger charge is -2.19. The van der Waals surface area contributed by atoms with Crippen LogP contribution >= 0.6 is 0 Å². The van der Waals surface area contributed by atoms with Crippen molar-refractivity contribution >= 4 is 0 Å². The molecule has 1 unspecified atom stereocenters. The third-order valence-electron chi connectivity index (χ3n) is 3.12. The molecule has 0 aliphatic carbocycles. The van der Waals surface area contributed by atoms with Crippen LogP contribution in [0.5, 0.6) is 0 Å². The van der Waals surface area contributed by atoms with Crippen LogP contribution < -0.4 is 5.32 Å². The molecule has 20 heavy (non-hydrogen) atoms. The molecule has 0 saturated heterocycles. The Kier molecular flexibility index (Phi) is 8.38. The second kappa shape index (κ2) is 9.83. The molecule has 0 aliphatic rings. The number of benzene rings is 1. The van der Waals surface area contributed by atoms with Crippen molar-refractivity contribution < 1.29 is 13.5 Å². The highest BCUT2D eigenvalue weighted by atomic mass is 19.1. The average molecular weight is 285 g/mol. The van der Waals surface area contributed by atoms with E-state index < -0.39 is 5.82 Å². The Morgan fingerprint density at radius 3 is 2.65 bits per heavy atom. The molecule has 4 heteroatoms. The van der Waals surface area contributed by atoms with Gasteiger partial charge in [-0.3, -0.25) is 0 Å². The normalized spacial score (nSPS) is 12.6. The van der Waals surface area contributed by atoms with Crippen LogP contribution in [0.3, 0.4) is 0 Å². The zero-order valence-corrected chi connectivity index (χ0v) is 12.4. The molecule has 1 N–H and O–H groups in total. The van der Waals surface area contributed by atoms with Crippen molar-refractivity contribution in [3.05, 3.63) is 35.4 Å². The van der Waals surface area contributed by atoms with Crippen molar-refractivity contribution in [1.29, 1.82) is 0 Å². The third kappa shape index (κ3) is 6.44. The van der Waals surface area contributed by atoms with Crippen LogP contribution in [0.4, 0.5) is 8.78 Å². The van der Waals surface area contributed by atoms with Crippen molar-refractivity contribution in [2.45, 2.75) is 45.6 Å². The SMILES string of the molecule is CCCNC(CCOCCC)Cc1cc(F)ccc1F. The molecule has 0 heterocycles. The van der Waals surface area contributed by atoms with Gasteiger partial charge >= 0.3 is 0 Å². The highest BCUT2D eigenvalue weighted by molar-refractivity contribution is 5.19. The first kappa shape index (κ1) is 17.1. The largest absolute Gasteiger partial charge is 0.381 e. The number of hydrogen-bond donors (Lipinski definition) is 1. The molecule has 114 valence electrons. The summed E-state index contributed by atoms with van der Waals surface area (Å²) in [4.78, 5) is 0. The topological polar surface area (TPSA) is 21.3 Å². The van der Waals surface area contributed by atoms with Crippen molar-refractivity contribution in [1.82, 2.24) is 5.32 Å². The van der Waals surface area contributed by atoms with E-state index >= 15 is 0 Å². The Morgan fingerprint density at radius 1 is 1.15 bits per heavy atom. The Morgan fingerprint density at radius 2 is 1.95 bits per heavy atom. The zero-order valence-electron chi connectivity index (χ0n) is 12.4. The number of rotatable bonds is 10.